The second kappa shape index (κ2) is 6.08. The van der Waals surface area contributed by atoms with E-state index in [1.807, 2.05) is 7.05 Å². The standard InChI is InChI=1S/C11H21NO3/c1-12(7-6-11(14)15-2)8-9-4-3-5-10(9)13/h9-10,13H,3-8H2,1-2H3. The summed E-state index contributed by atoms with van der Waals surface area (Å²) in [6, 6.07) is 0. The molecule has 0 heterocycles. The molecule has 0 amide bonds. The number of hydrogen-bond donors (Lipinski definition) is 1. The summed E-state index contributed by atoms with van der Waals surface area (Å²) in [6.45, 7) is 1.58. The molecule has 0 bridgehead atoms. The van der Waals surface area contributed by atoms with E-state index in [0.717, 1.165) is 25.8 Å². The minimum Gasteiger partial charge on any atom is -0.469 e. The summed E-state index contributed by atoms with van der Waals surface area (Å²) < 4.78 is 4.58. The molecular weight excluding hydrogens is 194 g/mol. The maximum Gasteiger partial charge on any atom is 0.306 e. The van der Waals surface area contributed by atoms with E-state index in [4.69, 9.17) is 0 Å². The molecule has 0 spiro atoms. The molecule has 15 heavy (non-hydrogen) atoms. The molecule has 1 saturated carbocycles. The highest BCUT2D eigenvalue weighted by atomic mass is 16.5. The Bertz CT molecular complexity index is 208. The highest BCUT2D eigenvalue weighted by Gasteiger charge is 2.25. The molecule has 1 rings (SSSR count). The monoisotopic (exact) mass is 215 g/mol. The van der Waals surface area contributed by atoms with E-state index in [0.29, 0.717) is 18.9 Å². The topological polar surface area (TPSA) is 49.8 Å². The minimum absolute atomic E-state index is 0.148. The largest absolute Gasteiger partial charge is 0.469 e. The van der Waals surface area contributed by atoms with Crippen molar-refractivity contribution < 1.29 is 14.6 Å². The third-order valence-electron chi connectivity index (χ3n) is 3.09. The second-order valence-corrected chi connectivity index (χ2v) is 4.35. The van der Waals surface area contributed by atoms with Crippen molar-refractivity contribution in [2.24, 2.45) is 5.92 Å². The molecule has 0 saturated heterocycles. The molecule has 2 unspecified atom stereocenters. The van der Waals surface area contributed by atoms with E-state index in [2.05, 4.69) is 9.64 Å². The molecular formula is C11H21NO3. The van der Waals surface area contributed by atoms with Crippen LogP contribution in [0.15, 0.2) is 0 Å². The highest BCUT2D eigenvalue weighted by molar-refractivity contribution is 5.69. The van der Waals surface area contributed by atoms with Crippen molar-refractivity contribution in [1.82, 2.24) is 4.90 Å². The quantitative estimate of drug-likeness (QED) is 0.684. The lowest BCUT2D eigenvalue weighted by atomic mass is 10.1. The molecule has 1 fully saturated rings. The maximum atomic E-state index is 10.9. The molecule has 4 heteroatoms. The smallest absolute Gasteiger partial charge is 0.306 e. The van der Waals surface area contributed by atoms with Crippen molar-refractivity contribution in [1.29, 1.82) is 0 Å². The van der Waals surface area contributed by atoms with Gasteiger partial charge in [0.1, 0.15) is 0 Å². The Kier molecular flexibility index (Phi) is 5.05. The van der Waals surface area contributed by atoms with Gasteiger partial charge in [0.2, 0.25) is 0 Å². The molecule has 1 N–H and O–H groups in total. The van der Waals surface area contributed by atoms with Gasteiger partial charge in [-0.3, -0.25) is 4.79 Å². The van der Waals surface area contributed by atoms with Gasteiger partial charge in [0.05, 0.1) is 19.6 Å². The highest BCUT2D eigenvalue weighted by Crippen LogP contribution is 2.25. The molecule has 0 aliphatic heterocycles. The van der Waals surface area contributed by atoms with E-state index in [1.165, 1.54) is 7.11 Å². The number of carbonyl (C=O) groups is 1. The second-order valence-electron chi connectivity index (χ2n) is 4.35. The van der Waals surface area contributed by atoms with Gasteiger partial charge in [0, 0.05) is 13.1 Å². The van der Waals surface area contributed by atoms with Gasteiger partial charge in [-0.05, 0) is 25.8 Å². The first-order chi connectivity index (χ1) is 7.13. The van der Waals surface area contributed by atoms with Crippen LogP contribution in [0.5, 0.6) is 0 Å². The molecule has 0 aromatic carbocycles. The van der Waals surface area contributed by atoms with Crippen molar-refractivity contribution in [2.75, 3.05) is 27.2 Å². The molecule has 1 aliphatic rings. The van der Waals surface area contributed by atoms with Gasteiger partial charge in [0.15, 0.2) is 0 Å². The van der Waals surface area contributed by atoms with Crippen molar-refractivity contribution in [3.63, 3.8) is 0 Å². The van der Waals surface area contributed by atoms with E-state index in [9.17, 15) is 9.90 Å². The number of methoxy groups -OCH3 is 1. The Morgan fingerprint density at radius 2 is 2.27 bits per heavy atom. The van der Waals surface area contributed by atoms with Crippen molar-refractivity contribution in [3.05, 3.63) is 0 Å². The number of rotatable bonds is 5. The summed E-state index contributed by atoms with van der Waals surface area (Å²) >= 11 is 0. The van der Waals surface area contributed by atoms with Crippen LogP contribution in [0.2, 0.25) is 0 Å². The first kappa shape index (κ1) is 12.5. The third-order valence-corrected chi connectivity index (χ3v) is 3.09. The van der Waals surface area contributed by atoms with Crippen molar-refractivity contribution in [3.8, 4) is 0 Å². The number of aliphatic hydroxyl groups is 1. The predicted octanol–water partition coefficient (Wildman–Crippen LogP) is 0.642. The Hall–Kier alpha value is -0.610. The molecule has 4 nitrogen and oxygen atoms in total. The molecule has 0 aromatic heterocycles. The Morgan fingerprint density at radius 1 is 1.53 bits per heavy atom. The molecule has 0 aromatic rings. The SMILES string of the molecule is COC(=O)CCN(C)CC1CCCC1O. The van der Waals surface area contributed by atoms with Crippen LogP contribution in [-0.2, 0) is 9.53 Å². The molecule has 0 radical (unpaired) electrons. The summed E-state index contributed by atoms with van der Waals surface area (Å²) in [6.07, 6.45) is 3.43. The molecule has 88 valence electrons. The number of hydrogen-bond acceptors (Lipinski definition) is 4. The lowest BCUT2D eigenvalue weighted by Gasteiger charge is -2.22. The fraction of sp³-hybridized carbons (Fsp3) is 0.909. The normalized spacial score (nSPS) is 25.9. The number of ether oxygens (including phenoxy) is 1. The zero-order valence-corrected chi connectivity index (χ0v) is 9.61. The first-order valence-electron chi connectivity index (χ1n) is 5.57. The summed E-state index contributed by atoms with van der Waals surface area (Å²) in [5.74, 6) is 0.210. The summed E-state index contributed by atoms with van der Waals surface area (Å²) in [5.41, 5.74) is 0. The number of esters is 1. The van der Waals surface area contributed by atoms with E-state index >= 15 is 0 Å². The van der Waals surface area contributed by atoms with E-state index < -0.39 is 0 Å². The Balaban J connectivity index is 2.17. The van der Waals surface area contributed by atoms with Gasteiger partial charge in [-0.2, -0.15) is 0 Å². The van der Waals surface area contributed by atoms with Crippen LogP contribution < -0.4 is 0 Å². The van der Waals surface area contributed by atoms with Gasteiger partial charge in [-0.25, -0.2) is 0 Å². The maximum absolute atomic E-state index is 10.9. The number of aliphatic hydroxyl groups excluding tert-OH is 1. The van der Waals surface area contributed by atoms with E-state index in [1.54, 1.807) is 0 Å². The summed E-state index contributed by atoms with van der Waals surface area (Å²) in [5, 5.41) is 9.64. The zero-order valence-electron chi connectivity index (χ0n) is 9.61. The van der Waals surface area contributed by atoms with E-state index in [-0.39, 0.29) is 12.1 Å². The van der Waals surface area contributed by atoms with Gasteiger partial charge >= 0.3 is 5.97 Å². The average Bonchev–Trinajstić information content (AvgIpc) is 2.61. The number of carbonyl (C=O) groups excluding carboxylic acids is 1. The fourth-order valence-electron chi connectivity index (χ4n) is 2.11. The van der Waals surface area contributed by atoms with Crippen LogP contribution in [0.25, 0.3) is 0 Å². The first-order valence-corrected chi connectivity index (χ1v) is 5.57. The number of nitrogens with zero attached hydrogens (tertiary/aromatic N) is 1. The van der Waals surface area contributed by atoms with Crippen molar-refractivity contribution >= 4 is 5.97 Å². The van der Waals surface area contributed by atoms with Crippen LogP contribution in [0.3, 0.4) is 0 Å². The van der Waals surface area contributed by atoms with Gasteiger partial charge < -0.3 is 14.7 Å². The van der Waals surface area contributed by atoms with Gasteiger partial charge in [-0.1, -0.05) is 6.42 Å². The van der Waals surface area contributed by atoms with Crippen LogP contribution in [-0.4, -0.2) is 49.3 Å². The van der Waals surface area contributed by atoms with Crippen LogP contribution in [0.4, 0.5) is 0 Å². The lowest BCUT2D eigenvalue weighted by molar-refractivity contribution is -0.140. The van der Waals surface area contributed by atoms with Crippen molar-refractivity contribution in [2.45, 2.75) is 31.8 Å². The van der Waals surface area contributed by atoms with Gasteiger partial charge in [-0.15, -0.1) is 0 Å². The third kappa shape index (κ3) is 4.18. The van der Waals surface area contributed by atoms with Crippen LogP contribution in [0, 0.1) is 5.92 Å². The van der Waals surface area contributed by atoms with Crippen LogP contribution in [0.1, 0.15) is 25.7 Å². The molecule has 2 atom stereocenters. The minimum atomic E-state index is -0.172. The molecule has 1 aliphatic carbocycles. The summed E-state index contributed by atoms with van der Waals surface area (Å²) in [7, 11) is 3.39. The Labute approximate surface area is 91.2 Å². The summed E-state index contributed by atoms with van der Waals surface area (Å²) in [4.78, 5) is 13.0. The van der Waals surface area contributed by atoms with Crippen LogP contribution >= 0.6 is 0 Å². The zero-order chi connectivity index (χ0) is 11.3. The lowest BCUT2D eigenvalue weighted by Crippen LogP contribution is -2.31. The average molecular weight is 215 g/mol. The Morgan fingerprint density at radius 3 is 2.80 bits per heavy atom. The van der Waals surface area contributed by atoms with Gasteiger partial charge in [0.25, 0.3) is 0 Å². The fourth-order valence-corrected chi connectivity index (χ4v) is 2.11. The predicted molar refractivity (Wildman–Crippen MR) is 57.5 cm³/mol.